The first-order chi connectivity index (χ1) is 16.2. The fraction of sp³-hybridized carbons (Fsp3) is 0.200. The lowest BCUT2D eigenvalue weighted by Crippen LogP contribution is -2.37. The van der Waals surface area contributed by atoms with Gasteiger partial charge in [-0.3, -0.25) is 19.0 Å². The number of anilines is 1. The van der Waals surface area contributed by atoms with Crippen molar-refractivity contribution in [3.05, 3.63) is 81.0 Å². The number of benzene rings is 2. The fourth-order valence-corrected chi connectivity index (χ4v) is 4.78. The van der Waals surface area contributed by atoms with Crippen LogP contribution in [0.2, 0.25) is 0 Å². The van der Waals surface area contributed by atoms with Crippen LogP contribution in [0.4, 0.5) is 10.1 Å². The maximum atomic E-state index is 13.3. The van der Waals surface area contributed by atoms with Crippen molar-refractivity contribution >= 4 is 39.1 Å². The minimum absolute atomic E-state index is 0.227. The van der Waals surface area contributed by atoms with Crippen LogP contribution in [0.3, 0.4) is 0 Å². The molecule has 0 aliphatic rings. The molecular weight excluding hydrogens is 455 g/mol. The molecule has 0 aliphatic carbocycles. The molecule has 0 unspecified atom stereocenters. The van der Waals surface area contributed by atoms with Gasteiger partial charge in [0.15, 0.2) is 0 Å². The number of hydrogen-bond donors (Lipinski definition) is 2. The van der Waals surface area contributed by atoms with Crippen molar-refractivity contribution in [2.75, 3.05) is 11.9 Å². The van der Waals surface area contributed by atoms with Gasteiger partial charge in [0.1, 0.15) is 17.2 Å². The minimum atomic E-state index is -0.491. The van der Waals surface area contributed by atoms with Crippen LogP contribution < -0.4 is 16.2 Å². The molecule has 0 saturated heterocycles. The van der Waals surface area contributed by atoms with Gasteiger partial charge in [-0.2, -0.15) is 0 Å². The zero-order chi connectivity index (χ0) is 24.4. The third-order valence-corrected chi connectivity index (χ3v) is 6.30. The maximum Gasteiger partial charge on any atom is 0.263 e. The summed E-state index contributed by atoms with van der Waals surface area (Å²) in [7, 11) is 0. The molecule has 4 aromatic rings. The molecule has 2 aromatic carbocycles. The second kappa shape index (κ2) is 9.56. The first kappa shape index (κ1) is 23.3. The van der Waals surface area contributed by atoms with Gasteiger partial charge >= 0.3 is 0 Å². The van der Waals surface area contributed by atoms with E-state index in [9.17, 15) is 18.8 Å². The molecule has 0 spiro atoms. The van der Waals surface area contributed by atoms with E-state index in [0.717, 1.165) is 22.4 Å². The average molecular weight is 479 g/mol. The summed E-state index contributed by atoms with van der Waals surface area (Å²) in [5, 5.41) is 7.53. The van der Waals surface area contributed by atoms with Gasteiger partial charge < -0.3 is 10.6 Å². The van der Waals surface area contributed by atoms with Crippen LogP contribution in [0.25, 0.3) is 21.3 Å². The van der Waals surface area contributed by atoms with Crippen LogP contribution in [0.1, 0.15) is 16.7 Å². The molecule has 2 aromatic heterocycles. The summed E-state index contributed by atoms with van der Waals surface area (Å²) in [5.41, 5.74) is 4.65. The van der Waals surface area contributed by atoms with Crippen molar-refractivity contribution in [2.24, 2.45) is 0 Å². The summed E-state index contributed by atoms with van der Waals surface area (Å²) in [6, 6.07) is 9.78. The largest absolute Gasteiger partial charge is 0.345 e. The number of nitrogens with zero attached hydrogens (tertiary/aromatic N) is 2. The Morgan fingerprint density at radius 3 is 2.41 bits per heavy atom. The Morgan fingerprint density at radius 2 is 1.74 bits per heavy atom. The number of thiophene rings is 1. The Labute approximate surface area is 199 Å². The summed E-state index contributed by atoms with van der Waals surface area (Å²) in [6.45, 7) is 5.30. The quantitative estimate of drug-likeness (QED) is 0.439. The molecule has 2 heterocycles. The molecule has 0 bridgehead atoms. The zero-order valence-electron chi connectivity index (χ0n) is 18.9. The summed E-state index contributed by atoms with van der Waals surface area (Å²) in [5.74, 6) is -1.22. The van der Waals surface area contributed by atoms with Gasteiger partial charge in [-0.25, -0.2) is 9.37 Å². The minimum Gasteiger partial charge on any atom is -0.345 e. The number of hydrogen-bond acceptors (Lipinski definition) is 5. The van der Waals surface area contributed by atoms with Crippen LogP contribution >= 0.6 is 11.3 Å². The standard InChI is InChI=1S/C25H23FN4O3S/c1-14-8-15(2)23(16(3)9-14)29-20(31)10-27-21(32)11-30-13-28-24-22(25(30)33)19(12-34-24)17-4-6-18(26)7-5-17/h4-9,12-13H,10-11H2,1-3H3,(H,27,32)(H,29,31). The number of aromatic nitrogens is 2. The molecule has 4 rings (SSSR count). The number of rotatable bonds is 6. The molecule has 0 radical (unpaired) electrons. The van der Waals surface area contributed by atoms with Crippen LogP contribution in [-0.2, 0) is 16.1 Å². The second-order valence-corrected chi connectivity index (χ2v) is 8.97. The molecule has 7 nitrogen and oxygen atoms in total. The van der Waals surface area contributed by atoms with Crippen molar-refractivity contribution in [3.63, 3.8) is 0 Å². The number of aryl methyl sites for hydroxylation is 3. The van der Waals surface area contributed by atoms with E-state index in [2.05, 4.69) is 15.6 Å². The SMILES string of the molecule is Cc1cc(C)c(NC(=O)CNC(=O)Cn2cnc3scc(-c4ccc(F)cc4)c3c2=O)c(C)c1. The summed E-state index contributed by atoms with van der Waals surface area (Å²) in [4.78, 5) is 42.7. The van der Waals surface area contributed by atoms with Gasteiger partial charge in [-0.05, 0) is 49.6 Å². The predicted molar refractivity (Wildman–Crippen MR) is 132 cm³/mol. The number of halogens is 1. The Hall–Kier alpha value is -3.85. The first-order valence-electron chi connectivity index (χ1n) is 10.6. The smallest absolute Gasteiger partial charge is 0.263 e. The van der Waals surface area contributed by atoms with E-state index in [4.69, 9.17) is 0 Å². The molecular formula is C25H23FN4O3S. The van der Waals surface area contributed by atoms with Gasteiger partial charge in [0, 0.05) is 16.6 Å². The normalized spacial score (nSPS) is 10.9. The van der Waals surface area contributed by atoms with Gasteiger partial charge in [-0.1, -0.05) is 29.8 Å². The van der Waals surface area contributed by atoms with E-state index in [1.54, 1.807) is 17.5 Å². The van der Waals surface area contributed by atoms with E-state index in [1.807, 2.05) is 32.9 Å². The number of amides is 2. The Morgan fingerprint density at radius 1 is 1.06 bits per heavy atom. The predicted octanol–water partition coefficient (Wildman–Crippen LogP) is 3.94. The topological polar surface area (TPSA) is 93.1 Å². The highest BCUT2D eigenvalue weighted by Crippen LogP contribution is 2.30. The van der Waals surface area contributed by atoms with Crippen molar-refractivity contribution in [2.45, 2.75) is 27.3 Å². The molecule has 174 valence electrons. The second-order valence-electron chi connectivity index (χ2n) is 8.11. The zero-order valence-corrected chi connectivity index (χ0v) is 19.8. The van der Waals surface area contributed by atoms with E-state index in [1.165, 1.54) is 34.4 Å². The fourth-order valence-electron chi connectivity index (χ4n) is 3.87. The summed E-state index contributed by atoms with van der Waals surface area (Å²) < 4.78 is 14.5. The van der Waals surface area contributed by atoms with E-state index < -0.39 is 5.91 Å². The molecule has 0 atom stereocenters. The highest BCUT2D eigenvalue weighted by Gasteiger charge is 2.16. The molecule has 0 fully saturated rings. The lowest BCUT2D eigenvalue weighted by Gasteiger charge is -2.13. The third kappa shape index (κ3) is 4.89. The number of fused-ring (bicyclic) bond motifs is 1. The van der Waals surface area contributed by atoms with Gasteiger partial charge in [0.2, 0.25) is 11.8 Å². The van der Waals surface area contributed by atoms with Crippen molar-refractivity contribution in [1.82, 2.24) is 14.9 Å². The average Bonchev–Trinajstić information content (AvgIpc) is 3.22. The third-order valence-electron chi connectivity index (χ3n) is 5.42. The molecule has 2 amide bonds. The van der Waals surface area contributed by atoms with Crippen molar-refractivity contribution < 1.29 is 14.0 Å². The van der Waals surface area contributed by atoms with Gasteiger partial charge in [-0.15, -0.1) is 11.3 Å². The van der Waals surface area contributed by atoms with E-state index in [-0.39, 0.29) is 30.4 Å². The Bertz CT molecular complexity index is 1430. The lowest BCUT2D eigenvalue weighted by molar-refractivity contribution is -0.124. The summed E-state index contributed by atoms with van der Waals surface area (Å²) in [6.07, 6.45) is 1.31. The molecule has 34 heavy (non-hydrogen) atoms. The van der Waals surface area contributed by atoms with Crippen LogP contribution in [0.5, 0.6) is 0 Å². The van der Waals surface area contributed by atoms with Crippen LogP contribution in [-0.4, -0.2) is 27.9 Å². The van der Waals surface area contributed by atoms with E-state index in [0.29, 0.717) is 21.3 Å². The number of carbonyl (C=O) groups excluding carboxylic acids is 2. The van der Waals surface area contributed by atoms with Gasteiger partial charge in [0.05, 0.1) is 18.3 Å². The molecule has 9 heteroatoms. The van der Waals surface area contributed by atoms with Gasteiger partial charge in [0.25, 0.3) is 5.56 Å². The summed E-state index contributed by atoms with van der Waals surface area (Å²) >= 11 is 1.30. The van der Waals surface area contributed by atoms with Crippen LogP contribution in [0, 0.1) is 26.6 Å². The Kier molecular flexibility index (Phi) is 6.56. The highest BCUT2D eigenvalue weighted by molar-refractivity contribution is 7.17. The monoisotopic (exact) mass is 478 g/mol. The number of nitrogens with one attached hydrogen (secondary N) is 2. The molecule has 0 saturated carbocycles. The molecule has 0 aliphatic heterocycles. The van der Waals surface area contributed by atoms with E-state index >= 15 is 0 Å². The van der Waals surface area contributed by atoms with Crippen molar-refractivity contribution in [3.8, 4) is 11.1 Å². The first-order valence-corrected chi connectivity index (χ1v) is 11.5. The maximum absolute atomic E-state index is 13.3. The lowest BCUT2D eigenvalue weighted by atomic mass is 10.1. The van der Waals surface area contributed by atoms with Crippen LogP contribution in [0.15, 0.2) is 52.9 Å². The van der Waals surface area contributed by atoms with Crippen molar-refractivity contribution in [1.29, 1.82) is 0 Å². The number of carbonyl (C=O) groups is 2. The highest BCUT2D eigenvalue weighted by atomic mass is 32.1. The Balaban J connectivity index is 1.45. The molecule has 2 N–H and O–H groups in total.